The van der Waals surface area contributed by atoms with Gasteiger partial charge in [0.25, 0.3) is 0 Å². The van der Waals surface area contributed by atoms with Crippen LogP contribution in [0.4, 0.5) is 5.69 Å². The van der Waals surface area contributed by atoms with Gasteiger partial charge >= 0.3 is 0 Å². The summed E-state index contributed by atoms with van der Waals surface area (Å²) in [6.45, 7) is 0. The van der Waals surface area contributed by atoms with Crippen LogP contribution in [0, 0.1) is 0 Å². The van der Waals surface area contributed by atoms with Crippen molar-refractivity contribution in [2.45, 2.75) is 18.9 Å². The largest absolute Gasteiger partial charge is 0.381 e. The molecule has 0 saturated heterocycles. The van der Waals surface area contributed by atoms with Crippen molar-refractivity contribution in [3.8, 4) is 22.8 Å². The lowest BCUT2D eigenvalue weighted by atomic mass is 10.1. The normalized spacial score (nSPS) is 14.0. The van der Waals surface area contributed by atoms with E-state index in [9.17, 15) is 0 Å². The van der Waals surface area contributed by atoms with Crippen LogP contribution in [0.25, 0.3) is 22.8 Å². The summed E-state index contributed by atoms with van der Waals surface area (Å²) >= 11 is 6.34. The van der Waals surface area contributed by atoms with Crippen LogP contribution in [0.1, 0.15) is 12.8 Å². The van der Waals surface area contributed by atoms with Gasteiger partial charge in [-0.3, -0.25) is 0 Å². The van der Waals surface area contributed by atoms with Crippen molar-refractivity contribution in [3.63, 3.8) is 0 Å². The molecule has 4 rings (SSSR count). The van der Waals surface area contributed by atoms with Gasteiger partial charge in [-0.05, 0) is 36.3 Å². The number of nitrogens with zero attached hydrogens (tertiary/aromatic N) is 5. The Kier molecular flexibility index (Phi) is 3.19. The fourth-order valence-electron chi connectivity index (χ4n) is 2.15. The third kappa shape index (κ3) is 2.62. The van der Waals surface area contributed by atoms with E-state index in [-0.39, 0.29) is 0 Å². The van der Waals surface area contributed by atoms with Crippen LogP contribution in [0.3, 0.4) is 0 Å². The maximum absolute atomic E-state index is 6.34. The quantitative estimate of drug-likeness (QED) is 0.769. The van der Waals surface area contributed by atoms with E-state index < -0.39 is 0 Å². The Morgan fingerprint density at radius 1 is 1.14 bits per heavy atom. The Morgan fingerprint density at radius 2 is 2.00 bits per heavy atom. The van der Waals surface area contributed by atoms with Gasteiger partial charge in [0, 0.05) is 11.6 Å². The van der Waals surface area contributed by atoms with Gasteiger partial charge in [0.2, 0.25) is 5.82 Å². The zero-order valence-corrected chi connectivity index (χ0v) is 12.2. The van der Waals surface area contributed by atoms with Crippen molar-refractivity contribution in [1.29, 1.82) is 0 Å². The molecule has 3 aromatic rings. The van der Waals surface area contributed by atoms with Crippen LogP contribution in [0.2, 0.25) is 5.02 Å². The highest BCUT2D eigenvalue weighted by Crippen LogP contribution is 2.32. The van der Waals surface area contributed by atoms with E-state index in [2.05, 4.69) is 35.9 Å². The van der Waals surface area contributed by atoms with Crippen molar-refractivity contribution in [2.75, 3.05) is 5.32 Å². The first kappa shape index (κ1) is 13.1. The molecule has 2 aromatic heterocycles. The molecule has 22 heavy (non-hydrogen) atoms. The molecule has 8 heteroatoms. The van der Waals surface area contributed by atoms with Crippen molar-refractivity contribution in [1.82, 2.24) is 30.6 Å². The number of aromatic amines is 1. The summed E-state index contributed by atoms with van der Waals surface area (Å²) in [6, 6.07) is 8.23. The van der Waals surface area contributed by atoms with Gasteiger partial charge in [-0.25, -0.2) is 9.97 Å². The lowest BCUT2D eigenvalue weighted by Gasteiger charge is -2.09. The van der Waals surface area contributed by atoms with Gasteiger partial charge < -0.3 is 5.32 Å². The average Bonchev–Trinajstić information content (AvgIpc) is 3.19. The first-order valence-electron chi connectivity index (χ1n) is 6.92. The molecule has 0 bridgehead atoms. The van der Waals surface area contributed by atoms with Crippen molar-refractivity contribution < 1.29 is 0 Å². The van der Waals surface area contributed by atoms with Crippen LogP contribution in [0.15, 0.2) is 30.6 Å². The zero-order valence-electron chi connectivity index (χ0n) is 11.5. The number of H-pyrrole nitrogens is 1. The highest BCUT2D eigenvalue weighted by atomic mass is 35.5. The second-order valence-corrected chi connectivity index (χ2v) is 5.54. The third-order valence-corrected chi connectivity index (χ3v) is 3.76. The molecule has 110 valence electrons. The molecule has 1 aliphatic carbocycles. The van der Waals surface area contributed by atoms with Crippen molar-refractivity contribution in [3.05, 3.63) is 35.6 Å². The van der Waals surface area contributed by atoms with Gasteiger partial charge in [-0.2, -0.15) is 5.21 Å². The number of halogens is 1. The van der Waals surface area contributed by atoms with E-state index in [0.717, 1.165) is 16.9 Å². The minimum atomic E-state index is 0.432. The monoisotopic (exact) mass is 313 g/mol. The predicted octanol–water partition coefficient (Wildman–Crippen LogP) is 2.55. The number of hydrogen-bond donors (Lipinski definition) is 2. The molecule has 1 fully saturated rings. The molecule has 0 atom stereocenters. The molecule has 1 saturated carbocycles. The van der Waals surface area contributed by atoms with Crippen molar-refractivity contribution in [2.24, 2.45) is 0 Å². The summed E-state index contributed by atoms with van der Waals surface area (Å²) in [5, 5.41) is 17.9. The Morgan fingerprint density at radius 3 is 2.73 bits per heavy atom. The second kappa shape index (κ2) is 5.34. The number of nitrogens with one attached hydrogen (secondary N) is 2. The van der Waals surface area contributed by atoms with Crippen molar-refractivity contribution >= 4 is 17.3 Å². The molecule has 7 nitrogen and oxygen atoms in total. The molecule has 2 N–H and O–H groups in total. The van der Waals surface area contributed by atoms with Gasteiger partial charge in [-0.1, -0.05) is 17.7 Å². The molecule has 0 aliphatic heterocycles. The lowest BCUT2D eigenvalue weighted by Crippen LogP contribution is -2.01. The molecule has 0 unspecified atom stereocenters. The van der Waals surface area contributed by atoms with E-state index in [4.69, 9.17) is 11.6 Å². The van der Waals surface area contributed by atoms with E-state index in [1.54, 1.807) is 0 Å². The minimum absolute atomic E-state index is 0.432. The molecule has 1 aliphatic rings. The molecule has 2 heterocycles. The molecule has 0 spiro atoms. The van der Waals surface area contributed by atoms with Crippen LogP contribution >= 0.6 is 11.6 Å². The van der Waals surface area contributed by atoms with Crippen LogP contribution in [-0.4, -0.2) is 36.6 Å². The highest BCUT2D eigenvalue weighted by molar-refractivity contribution is 6.33. The smallest absolute Gasteiger partial charge is 0.223 e. The van der Waals surface area contributed by atoms with Gasteiger partial charge in [0.1, 0.15) is 12.0 Å². The van der Waals surface area contributed by atoms with Gasteiger partial charge in [0.05, 0.1) is 16.4 Å². The topological polar surface area (TPSA) is 92.3 Å². The lowest BCUT2D eigenvalue weighted by molar-refractivity contribution is 0.881. The third-order valence-electron chi connectivity index (χ3n) is 3.44. The zero-order chi connectivity index (χ0) is 14.9. The Bertz CT molecular complexity index is 799. The Balaban J connectivity index is 1.66. The predicted molar refractivity (Wildman–Crippen MR) is 82.3 cm³/mol. The highest BCUT2D eigenvalue weighted by Gasteiger charge is 2.21. The second-order valence-electron chi connectivity index (χ2n) is 5.14. The van der Waals surface area contributed by atoms with Gasteiger partial charge in [-0.15, -0.1) is 10.2 Å². The molecular weight excluding hydrogens is 302 g/mol. The first-order chi connectivity index (χ1) is 10.8. The summed E-state index contributed by atoms with van der Waals surface area (Å²) < 4.78 is 0. The summed E-state index contributed by atoms with van der Waals surface area (Å²) in [5.74, 6) is 0.432. The molecule has 0 radical (unpaired) electrons. The summed E-state index contributed by atoms with van der Waals surface area (Å²) in [4.78, 5) is 8.44. The Labute approximate surface area is 131 Å². The first-order valence-corrected chi connectivity index (χ1v) is 7.30. The fraction of sp³-hybridized carbons (Fsp3) is 0.214. The molecule has 1 aromatic carbocycles. The van der Waals surface area contributed by atoms with E-state index >= 15 is 0 Å². The van der Waals surface area contributed by atoms with E-state index in [0.29, 0.717) is 22.6 Å². The van der Waals surface area contributed by atoms with Crippen LogP contribution in [-0.2, 0) is 0 Å². The summed E-state index contributed by atoms with van der Waals surface area (Å²) in [5.41, 5.74) is 3.24. The minimum Gasteiger partial charge on any atom is -0.381 e. The number of benzene rings is 1. The maximum atomic E-state index is 6.34. The summed E-state index contributed by atoms with van der Waals surface area (Å²) in [6.07, 6.45) is 3.89. The number of rotatable bonds is 4. The SMILES string of the molecule is Clc1cc(-c2cc(-c3nn[nH]n3)ncn2)ccc1NC1CC1. The number of aromatic nitrogens is 6. The van der Waals surface area contributed by atoms with E-state index in [1.807, 2.05) is 24.3 Å². The molecule has 0 amide bonds. The van der Waals surface area contributed by atoms with E-state index in [1.165, 1.54) is 19.2 Å². The number of hydrogen-bond acceptors (Lipinski definition) is 6. The van der Waals surface area contributed by atoms with Crippen LogP contribution in [0.5, 0.6) is 0 Å². The summed E-state index contributed by atoms with van der Waals surface area (Å²) in [7, 11) is 0. The average molecular weight is 314 g/mol. The maximum Gasteiger partial charge on any atom is 0.223 e. The number of tetrazole rings is 1. The fourth-order valence-corrected chi connectivity index (χ4v) is 2.38. The number of anilines is 1. The molecular formula is C14H12ClN7. The Hall–Kier alpha value is -2.54. The van der Waals surface area contributed by atoms with Crippen LogP contribution < -0.4 is 5.32 Å². The standard InChI is InChI=1S/C14H12ClN7/c15-10-5-8(1-4-11(10)18-9-2-3-9)12-6-13(17-7-16-12)14-19-21-22-20-14/h1,4-7,9,18H,2-3H2,(H,19,20,21,22). The van der Waals surface area contributed by atoms with Gasteiger partial charge in [0.15, 0.2) is 0 Å².